The Balaban J connectivity index is 1.65. The van der Waals surface area contributed by atoms with Gasteiger partial charge in [0, 0.05) is 20.5 Å². The average molecular weight is 484 g/mol. The van der Waals surface area contributed by atoms with E-state index in [1.165, 1.54) is 5.56 Å². The lowest BCUT2D eigenvalue weighted by atomic mass is 9.88. The van der Waals surface area contributed by atoms with Gasteiger partial charge in [0.05, 0.1) is 18.7 Å². The third-order valence-corrected chi connectivity index (χ3v) is 6.77. The lowest BCUT2D eigenvalue weighted by Gasteiger charge is -2.22. The Morgan fingerprint density at radius 1 is 1.17 bits per heavy atom. The smallest absolute Gasteiger partial charge is 0.264 e. The first kappa shape index (κ1) is 21.0. The SMILES string of the molecule is CCCc1ccc(C(=O)CC2(O)C(=O)N(Cc3cccs3)c3ccc(Br)cc32)cc1. The minimum Gasteiger partial charge on any atom is -0.375 e. The van der Waals surface area contributed by atoms with Crippen LogP contribution < -0.4 is 4.90 Å². The summed E-state index contributed by atoms with van der Waals surface area (Å²) in [7, 11) is 0. The zero-order chi connectivity index (χ0) is 21.3. The Morgan fingerprint density at radius 3 is 2.60 bits per heavy atom. The summed E-state index contributed by atoms with van der Waals surface area (Å²) < 4.78 is 0.752. The van der Waals surface area contributed by atoms with Crippen molar-refractivity contribution in [2.45, 2.75) is 38.3 Å². The topological polar surface area (TPSA) is 57.6 Å². The molecule has 1 aliphatic heterocycles. The molecule has 0 bridgehead atoms. The van der Waals surface area contributed by atoms with Gasteiger partial charge in [-0.1, -0.05) is 59.6 Å². The van der Waals surface area contributed by atoms with E-state index in [1.54, 1.807) is 34.4 Å². The van der Waals surface area contributed by atoms with Crippen molar-refractivity contribution in [1.29, 1.82) is 0 Å². The fourth-order valence-corrected chi connectivity index (χ4v) is 4.94. The number of thiophene rings is 1. The third kappa shape index (κ3) is 3.87. The summed E-state index contributed by atoms with van der Waals surface area (Å²) in [4.78, 5) is 28.9. The number of Topliss-reactive ketones (excluding diaryl/α,β-unsaturated/α-hetero) is 1. The second kappa shape index (κ2) is 8.46. The number of carbonyl (C=O) groups excluding carboxylic acids is 2. The summed E-state index contributed by atoms with van der Waals surface area (Å²) in [5.74, 6) is -0.710. The van der Waals surface area contributed by atoms with Gasteiger partial charge in [0.1, 0.15) is 0 Å². The number of anilines is 1. The van der Waals surface area contributed by atoms with Crippen LogP contribution in [0.15, 0.2) is 64.5 Å². The highest BCUT2D eigenvalue weighted by Gasteiger charge is 2.51. The number of halogens is 1. The first-order chi connectivity index (χ1) is 14.4. The predicted molar refractivity (Wildman–Crippen MR) is 123 cm³/mol. The molecule has 0 aliphatic carbocycles. The maximum absolute atomic E-state index is 13.3. The van der Waals surface area contributed by atoms with Crippen LogP contribution in [0.3, 0.4) is 0 Å². The second-order valence-corrected chi connectivity index (χ2v) is 9.49. The molecule has 0 saturated carbocycles. The molecule has 2 aromatic carbocycles. The molecule has 0 spiro atoms. The molecule has 1 amide bonds. The Morgan fingerprint density at radius 2 is 1.93 bits per heavy atom. The van der Waals surface area contributed by atoms with Crippen LogP contribution in [-0.4, -0.2) is 16.8 Å². The van der Waals surface area contributed by atoms with Crippen LogP contribution in [0.4, 0.5) is 5.69 Å². The standard InChI is InChI=1S/C24H22BrNO3S/c1-2-4-16-6-8-17(9-7-16)22(27)14-24(29)20-13-18(25)10-11-21(20)26(23(24)28)15-19-5-3-12-30-19/h3,5-13,29H,2,4,14-15H2,1H3. The number of carbonyl (C=O) groups is 2. The van der Waals surface area contributed by atoms with Crippen molar-refractivity contribution in [2.75, 3.05) is 4.90 Å². The van der Waals surface area contributed by atoms with Crippen molar-refractivity contribution < 1.29 is 14.7 Å². The Labute approximate surface area is 188 Å². The van der Waals surface area contributed by atoms with Crippen LogP contribution in [-0.2, 0) is 23.4 Å². The van der Waals surface area contributed by atoms with E-state index < -0.39 is 11.5 Å². The molecule has 1 N–H and O–H groups in total. The number of ketones is 1. The summed E-state index contributed by atoms with van der Waals surface area (Å²) >= 11 is 4.98. The van der Waals surface area contributed by atoms with Gasteiger partial charge in [-0.25, -0.2) is 0 Å². The highest BCUT2D eigenvalue weighted by molar-refractivity contribution is 9.10. The molecule has 4 nitrogen and oxygen atoms in total. The minimum atomic E-state index is -1.88. The quantitative estimate of drug-likeness (QED) is 0.453. The van der Waals surface area contributed by atoms with Crippen molar-refractivity contribution in [2.24, 2.45) is 0 Å². The fraction of sp³-hybridized carbons (Fsp3) is 0.250. The van der Waals surface area contributed by atoms with E-state index in [0.29, 0.717) is 23.4 Å². The largest absolute Gasteiger partial charge is 0.375 e. The van der Waals surface area contributed by atoms with E-state index in [2.05, 4.69) is 22.9 Å². The summed E-state index contributed by atoms with van der Waals surface area (Å²) in [6, 6.07) is 16.7. The van der Waals surface area contributed by atoms with Crippen LogP contribution in [0.25, 0.3) is 0 Å². The number of amides is 1. The molecule has 1 aliphatic rings. The lowest BCUT2D eigenvalue weighted by Crippen LogP contribution is -2.41. The van der Waals surface area contributed by atoms with Gasteiger partial charge in [-0.05, 0) is 41.6 Å². The summed E-state index contributed by atoms with van der Waals surface area (Å²) in [6.07, 6.45) is 1.70. The number of fused-ring (bicyclic) bond motifs is 1. The number of nitrogens with zero attached hydrogens (tertiary/aromatic N) is 1. The Bertz CT molecular complexity index is 1080. The van der Waals surface area contributed by atoms with Crippen molar-refractivity contribution in [3.8, 4) is 0 Å². The first-order valence-corrected chi connectivity index (χ1v) is 11.6. The van der Waals surface area contributed by atoms with Crippen LogP contribution in [0, 0.1) is 0 Å². The average Bonchev–Trinajstić information content (AvgIpc) is 3.31. The summed E-state index contributed by atoms with van der Waals surface area (Å²) in [5, 5.41) is 13.4. The monoisotopic (exact) mass is 483 g/mol. The van der Waals surface area contributed by atoms with Gasteiger partial charge >= 0.3 is 0 Å². The van der Waals surface area contributed by atoms with Crippen LogP contribution in [0.2, 0.25) is 0 Å². The molecule has 2 heterocycles. The molecule has 154 valence electrons. The molecule has 3 aromatic rings. The lowest BCUT2D eigenvalue weighted by molar-refractivity contribution is -0.136. The van der Waals surface area contributed by atoms with Crippen molar-refractivity contribution in [3.05, 3.63) is 86.0 Å². The highest BCUT2D eigenvalue weighted by Crippen LogP contribution is 2.45. The second-order valence-electron chi connectivity index (χ2n) is 7.54. The summed E-state index contributed by atoms with van der Waals surface area (Å²) in [5.41, 5.74) is 0.903. The van der Waals surface area contributed by atoms with Gasteiger partial charge in [-0.2, -0.15) is 0 Å². The molecule has 0 saturated heterocycles. The van der Waals surface area contributed by atoms with Gasteiger partial charge in [-0.3, -0.25) is 9.59 Å². The Hall–Kier alpha value is -2.28. The van der Waals surface area contributed by atoms with Gasteiger partial charge in [0.15, 0.2) is 11.4 Å². The fourth-order valence-electron chi connectivity index (χ4n) is 3.89. The molecule has 4 rings (SSSR count). The van der Waals surface area contributed by atoms with Crippen molar-refractivity contribution in [3.63, 3.8) is 0 Å². The molecule has 0 radical (unpaired) electrons. The number of aryl methyl sites for hydroxylation is 1. The van der Waals surface area contributed by atoms with Crippen LogP contribution >= 0.6 is 27.3 Å². The first-order valence-electron chi connectivity index (χ1n) is 9.91. The minimum absolute atomic E-state index is 0.252. The van der Waals surface area contributed by atoms with Crippen LogP contribution in [0.1, 0.15) is 46.1 Å². The van der Waals surface area contributed by atoms with Crippen LogP contribution in [0.5, 0.6) is 0 Å². The Kier molecular flexibility index (Phi) is 5.91. The van der Waals surface area contributed by atoms with Crippen molar-refractivity contribution >= 4 is 44.6 Å². The van der Waals surface area contributed by atoms with E-state index >= 15 is 0 Å². The predicted octanol–water partition coefficient (Wildman–Crippen LogP) is 5.47. The molecular formula is C24H22BrNO3S. The highest BCUT2D eigenvalue weighted by atomic mass is 79.9. The molecular weight excluding hydrogens is 462 g/mol. The van der Waals surface area contributed by atoms with E-state index in [4.69, 9.17) is 0 Å². The summed E-state index contributed by atoms with van der Waals surface area (Å²) in [6.45, 7) is 2.48. The maximum atomic E-state index is 13.3. The van der Waals surface area contributed by atoms with Gasteiger partial charge in [-0.15, -0.1) is 11.3 Å². The maximum Gasteiger partial charge on any atom is 0.264 e. The zero-order valence-electron chi connectivity index (χ0n) is 16.6. The molecule has 6 heteroatoms. The van der Waals surface area contributed by atoms with E-state index in [9.17, 15) is 14.7 Å². The number of rotatable bonds is 7. The molecule has 1 unspecified atom stereocenters. The van der Waals surface area contributed by atoms with Gasteiger partial charge in [0.2, 0.25) is 0 Å². The zero-order valence-corrected chi connectivity index (χ0v) is 19.0. The molecule has 30 heavy (non-hydrogen) atoms. The van der Waals surface area contributed by atoms with Crippen molar-refractivity contribution in [1.82, 2.24) is 0 Å². The number of hydrogen-bond donors (Lipinski definition) is 1. The van der Waals surface area contributed by atoms with Gasteiger partial charge in [0.25, 0.3) is 5.91 Å². The molecule has 0 fully saturated rings. The number of aliphatic hydroxyl groups is 1. The van der Waals surface area contributed by atoms with E-state index in [0.717, 1.165) is 22.2 Å². The third-order valence-electron chi connectivity index (χ3n) is 5.42. The molecule has 1 atom stereocenters. The number of hydrogen-bond acceptors (Lipinski definition) is 4. The van der Waals surface area contributed by atoms with Gasteiger partial charge < -0.3 is 10.0 Å². The normalized spacial score (nSPS) is 18.0. The number of benzene rings is 2. The van der Waals surface area contributed by atoms with E-state index in [-0.39, 0.29) is 12.2 Å². The molecule has 1 aromatic heterocycles. The van der Waals surface area contributed by atoms with E-state index in [1.807, 2.05) is 41.8 Å².